The number of nitrogens with zero attached hydrogens (tertiary/aromatic N) is 1. The molecule has 120 valence electrons. The zero-order chi connectivity index (χ0) is 17.1. The van der Waals surface area contributed by atoms with E-state index in [0.29, 0.717) is 0 Å². The third-order valence-electron chi connectivity index (χ3n) is 5.01. The molecule has 0 saturated carbocycles. The van der Waals surface area contributed by atoms with Gasteiger partial charge >= 0.3 is 0 Å². The highest BCUT2D eigenvalue weighted by Gasteiger charge is 2.56. The van der Waals surface area contributed by atoms with Gasteiger partial charge in [-0.15, -0.1) is 6.58 Å². The number of hydrogen-bond donors (Lipinski definition) is 1. The summed E-state index contributed by atoms with van der Waals surface area (Å²) >= 11 is 0. The summed E-state index contributed by atoms with van der Waals surface area (Å²) in [4.78, 5) is 12.9. The van der Waals surface area contributed by atoms with Crippen molar-refractivity contribution in [2.75, 3.05) is 5.32 Å². The van der Waals surface area contributed by atoms with Gasteiger partial charge < -0.3 is 5.32 Å². The fourth-order valence-electron chi connectivity index (χ4n) is 3.53. The number of hydrogen-bond acceptors (Lipinski definition) is 2. The molecule has 0 aromatic heterocycles. The van der Waals surface area contributed by atoms with Crippen LogP contribution in [0.25, 0.3) is 0 Å². The fraction of sp³-hybridized carbons (Fsp3) is 0.400. The predicted molar refractivity (Wildman–Crippen MR) is 93.9 cm³/mol. The molecule has 1 aliphatic heterocycles. The van der Waals surface area contributed by atoms with Gasteiger partial charge in [-0.3, -0.25) is 4.79 Å². The number of carbonyl (C=O) groups is 1. The number of benzene rings is 1. The molecule has 0 bridgehead atoms. The van der Waals surface area contributed by atoms with E-state index in [2.05, 4.69) is 37.9 Å². The molecular formula is C20H24N2O. The number of allylic oxidation sites excluding steroid dienone is 3. The van der Waals surface area contributed by atoms with Crippen molar-refractivity contribution in [1.29, 1.82) is 5.26 Å². The first-order valence-electron chi connectivity index (χ1n) is 7.96. The fourth-order valence-corrected chi connectivity index (χ4v) is 3.53. The Morgan fingerprint density at radius 1 is 1.43 bits per heavy atom. The van der Waals surface area contributed by atoms with Crippen LogP contribution < -0.4 is 5.32 Å². The third kappa shape index (κ3) is 2.70. The molecule has 1 aromatic carbocycles. The van der Waals surface area contributed by atoms with Crippen LogP contribution in [0.4, 0.5) is 5.69 Å². The average Bonchev–Trinajstić information content (AvgIpc) is 2.80. The number of carbonyl (C=O) groups excluding carboxylic acids is 1. The summed E-state index contributed by atoms with van der Waals surface area (Å²) in [5.74, 6) is -0.0974. The van der Waals surface area contributed by atoms with E-state index in [4.69, 9.17) is 0 Å². The summed E-state index contributed by atoms with van der Waals surface area (Å²) in [5.41, 5.74) is 1.59. The van der Waals surface area contributed by atoms with Gasteiger partial charge in [0, 0.05) is 11.1 Å². The van der Waals surface area contributed by atoms with Crippen LogP contribution in [0.2, 0.25) is 0 Å². The van der Waals surface area contributed by atoms with Crippen molar-refractivity contribution in [2.24, 2.45) is 5.41 Å². The summed E-state index contributed by atoms with van der Waals surface area (Å²) in [5, 5.41) is 12.4. The minimum atomic E-state index is -0.879. The summed E-state index contributed by atoms with van der Waals surface area (Å²) in [6.07, 6.45) is 5.79. The van der Waals surface area contributed by atoms with Crippen LogP contribution in [0.3, 0.4) is 0 Å². The van der Waals surface area contributed by atoms with Crippen molar-refractivity contribution in [3.63, 3.8) is 0 Å². The van der Waals surface area contributed by atoms with Crippen molar-refractivity contribution in [3.05, 3.63) is 54.1 Å². The van der Waals surface area contributed by atoms with E-state index < -0.39 is 10.8 Å². The number of amides is 1. The molecule has 3 heteroatoms. The first-order chi connectivity index (χ1) is 10.9. The molecule has 1 heterocycles. The molecule has 0 fully saturated rings. The van der Waals surface area contributed by atoms with Gasteiger partial charge in [0.2, 0.25) is 5.91 Å². The Morgan fingerprint density at radius 3 is 2.74 bits per heavy atom. The van der Waals surface area contributed by atoms with E-state index in [1.807, 2.05) is 37.3 Å². The van der Waals surface area contributed by atoms with Crippen LogP contribution in [0.15, 0.2) is 48.6 Å². The zero-order valence-electron chi connectivity index (χ0n) is 14.1. The molecule has 0 aliphatic carbocycles. The van der Waals surface area contributed by atoms with Crippen LogP contribution in [-0.4, -0.2) is 5.91 Å². The Balaban J connectivity index is 2.55. The largest absolute Gasteiger partial charge is 0.325 e. The summed E-state index contributed by atoms with van der Waals surface area (Å²) in [6.45, 7) is 10.2. The van der Waals surface area contributed by atoms with Gasteiger partial charge in [0.05, 0.1) is 17.9 Å². The van der Waals surface area contributed by atoms with E-state index in [0.717, 1.165) is 24.1 Å². The molecule has 0 unspecified atom stereocenters. The summed E-state index contributed by atoms with van der Waals surface area (Å²) in [6, 6.07) is 9.90. The smallest absolute Gasteiger partial charge is 0.237 e. The molecule has 1 aliphatic rings. The van der Waals surface area contributed by atoms with Crippen LogP contribution in [-0.2, 0) is 10.2 Å². The standard InChI is InChI=1S/C20H24N2O/c1-5-19(4,12-8-9-15(2)3)20(13-14-21)16-10-6-7-11-17(16)22-18(20)23/h5-7,9-11H,1,8,12-13H2,2-4H3,(H,22,23)/t19-,20-/m1/s1. The van der Waals surface area contributed by atoms with Crippen LogP contribution >= 0.6 is 0 Å². The topological polar surface area (TPSA) is 52.9 Å². The minimum Gasteiger partial charge on any atom is -0.325 e. The first-order valence-corrected chi connectivity index (χ1v) is 7.96. The molecule has 2 atom stereocenters. The lowest BCUT2D eigenvalue weighted by atomic mass is 9.58. The van der Waals surface area contributed by atoms with Gasteiger partial charge in [-0.25, -0.2) is 0 Å². The predicted octanol–water partition coefficient (Wildman–Crippen LogP) is 4.73. The molecular weight excluding hydrogens is 284 g/mol. The quantitative estimate of drug-likeness (QED) is 0.772. The maximum atomic E-state index is 12.9. The molecule has 23 heavy (non-hydrogen) atoms. The van der Waals surface area contributed by atoms with Crippen molar-refractivity contribution in [3.8, 4) is 6.07 Å². The van der Waals surface area contributed by atoms with E-state index in [9.17, 15) is 10.1 Å². The van der Waals surface area contributed by atoms with Crippen molar-refractivity contribution in [1.82, 2.24) is 0 Å². The van der Waals surface area contributed by atoms with Gasteiger partial charge in [0.1, 0.15) is 0 Å². The Kier molecular flexibility index (Phi) is 4.75. The molecule has 0 saturated heterocycles. The molecule has 0 spiro atoms. The van der Waals surface area contributed by atoms with Crippen LogP contribution in [0, 0.1) is 16.7 Å². The maximum absolute atomic E-state index is 12.9. The Labute approximate surface area is 138 Å². The molecule has 2 rings (SSSR count). The molecule has 1 aromatic rings. The normalized spacial score (nSPS) is 21.6. The van der Waals surface area contributed by atoms with Gasteiger partial charge in [-0.2, -0.15) is 5.26 Å². The SMILES string of the molecule is C=C[C@](C)(CCC=C(C)C)[C@@]1(CC#N)C(=O)Nc2ccccc21. The number of anilines is 1. The zero-order valence-corrected chi connectivity index (χ0v) is 14.1. The van der Waals surface area contributed by atoms with Gasteiger partial charge in [0.25, 0.3) is 0 Å². The van der Waals surface area contributed by atoms with Gasteiger partial charge in [-0.05, 0) is 38.3 Å². The minimum absolute atomic E-state index is 0.0974. The van der Waals surface area contributed by atoms with Gasteiger partial charge in [-0.1, -0.05) is 42.8 Å². The van der Waals surface area contributed by atoms with Crippen molar-refractivity contribution >= 4 is 11.6 Å². The highest BCUT2D eigenvalue weighted by atomic mass is 16.2. The van der Waals surface area contributed by atoms with Crippen LogP contribution in [0.1, 0.15) is 45.6 Å². The molecule has 0 radical (unpaired) electrons. The lowest BCUT2D eigenvalue weighted by molar-refractivity contribution is -0.124. The number of nitrogens with one attached hydrogen (secondary N) is 1. The van der Waals surface area contributed by atoms with E-state index in [1.54, 1.807) is 0 Å². The molecule has 3 nitrogen and oxygen atoms in total. The first kappa shape index (κ1) is 17.0. The second kappa shape index (κ2) is 6.42. The lowest BCUT2D eigenvalue weighted by Gasteiger charge is -2.42. The van der Waals surface area contributed by atoms with Crippen molar-refractivity contribution in [2.45, 2.75) is 45.4 Å². The summed E-state index contributed by atoms with van der Waals surface area (Å²) < 4.78 is 0. The van der Waals surface area contributed by atoms with Crippen molar-refractivity contribution < 1.29 is 4.79 Å². The summed E-state index contributed by atoms with van der Waals surface area (Å²) in [7, 11) is 0. The maximum Gasteiger partial charge on any atom is 0.237 e. The van der Waals surface area contributed by atoms with Gasteiger partial charge in [0.15, 0.2) is 0 Å². The average molecular weight is 308 g/mol. The number of fused-ring (bicyclic) bond motifs is 1. The molecule has 1 N–H and O–H groups in total. The number of rotatable bonds is 6. The Bertz CT molecular complexity index is 694. The second-order valence-electron chi connectivity index (χ2n) is 6.68. The Morgan fingerprint density at radius 2 is 2.13 bits per heavy atom. The monoisotopic (exact) mass is 308 g/mol. The number of nitriles is 1. The highest BCUT2D eigenvalue weighted by Crippen LogP contribution is 2.54. The lowest BCUT2D eigenvalue weighted by Crippen LogP contribution is -2.48. The van der Waals surface area contributed by atoms with Crippen LogP contribution in [0.5, 0.6) is 0 Å². The highest BCUT2D eigenvalue weighted by molar-refractivity contribution is 6.07. The van der Waals surface area contributed by atoms with E-state index >= 15 is 0 Å². The number of para-hydroxylation sites is 1. The Hall–Kier alpha value is -2.34. The molecule has 1 amide bonds. The van der Waals surface area contributed by atoms with E-state index in [-0.39, 0.29) is 12.3 Å². The second-order valence-corrected chi connectivity index (χ2v) is 6.68. The third-order valence-corrected chi connectivity index (χ3v) is 5.01. The van der Waals surface area contributed by atoms with E-state index in [1.165, 1.54) is 5.57 Å².